The third-order valence-electron chi connectivity index (χ3n) is 5.70. The fourth-order valence-corrected chi connectivity index (χ4v) is 5.52. The molecule has 2 amide bonds. The Bertz CT molecular complexity index is 905. The Morgan fingerprint density at radius 1 is 1.00 bits per heavy atom. The normalized spacial score (nSPS) is 21.5. The number of piperidine rings is 1. The van der Waals surface area contributed by atoms with Crippen molar-refractivity contribution < 1.29 is 22.4 Å². The van der Waals surface area contributed by atoms with E-state index in [9.17, 15) is 22.4 Å². The van der Waals surface area contributed by atoms with E-state index in [1.165, 1.54) is 22.5 Å². The first kappa shape index (κ1) is 22.7. The highest BCUT2D eigenvalue weighted by Gasteiger charge is 2.37. The summed E-state index contributed by atoms with van der Waals surface area (Å²) in [6.45, 7) is 7.45. The number of sulfonamides is 1. The van der Waals surface area contributed by atoms with E-state index in [0.29, 0.717) is 13.1 Å². The lowest BCUT2D eigenvalue weighted by Crippen LogP contribution is -2.54. The number of piperazine rings is 1. The summed E-state index contributed by atoms with van der Waals surface area (Å²) in [4.78, 5) is 28.7. The molecular formula is C21H30FN3O4S. The van der Waals surface area contributed by atoms with Crippen molar-refractivity contribution in [2.75, 3.05) is 39.3 Å². The van der Waals surface area contributed by atoms with Crippen LogP contribution in [0.15, 0.2) is 29.2 Å². The molecule has 0 spiro atoms. The number of likely N-dealkylation sites (tertiary alicyclic amines) is 1. The zero-order valence-corrected chi connectivity index (χ0v) is 18.6. The molecule has 7 nitrogen and oxygen atoms in total. The van der Waals surface area contributed by atoms with Crippen molar-refractivity contribution in [1.82, 2.24) is 14.1 Å². The number of benzene rings is 1. The Balaban J connectivity index is 1.62. The lowest BCUT2D eigenvalue weighted by Gasteiger charge is -2.39. The van der Waals surface area contributed by atoms with Gasteiger partial charge in [-0.1, -0.05) is 32.9 Å². The van der Waals surface area contributed by atoms with Crippen molar-refractivity contribution in [3.8, 4) is 0 Å². The van der Waals surface area contributed by atoms with Gasteiger partial charge in [0.2, 0.25) is 21.8 Å². The largest absolute Gasteiger partial charge is 0.341 e. The zero-order chi connectivity index (χ0) is 22.1. The summed E-state index contributed by atoms with van der Waals surface area (Å²) in [7, 11) is -3.94. The fraction of sp³-hybridized carbons (Fsp3) is 0.619. The number of rotatable bonds is 3. The van der Waals surface area contributed by atoms with Crippen LogP contribution < -0.4 is 0 Å². The first-order valence-electron chi connectivity index (χ1n) is 10.3. The lowest BCUT2D eigenvalue weighted by molar-refractivity contribution is -0.145. The van der Waals surface area contributed by atoms with Gasteiger partial charge in [-0.2, -0.15) is 4.31 Å². The Hall–Kier alpha value is -2.00. The van der Waals surface area contributed by atoms with Gasteiger partial charge in [-0.3, -0.25) is 9.59 Å². The summed E-state index contributed by atoms with van der Waals surface area (Å²) < 4.78 is 40.7. The quantitative estimate of drug-likeness (QED) is 0.721. The second-order valence-electron chi connectivity index (χ2n) is 9.00. The number of halogens is 1. The molecule has 1 aromatic rings. The van der Waals surface area contributed by atoms with Crippen LogP contribution in [-0.4, -0.2) is 73.6 Å². The van der Waals surface area contributed by atoms with Crippen molar-refractivity contribution in [3.05, 3.63) is 30.1 Å². The molecule has 0 N–H and O–H groups in total. The lowest BCUT2D eigenvalue weighted by atomic mass is 9.90. The number of nitrogens with zero attached hydrogens (tertiary/aromatic N) is 3. The molecule has 1 aromatic carbocycles. The van der Waals surface area contributed by atoms with Crippen molar-refractivity contribution in [2.45, 2.75) is 38.5 Å². The summed E-state index contributed by atoms with van der Waals surface area (Å²) in [6, 6.07) is 5.32. The van der Waals surface area contributed by atoms with Crippen LogP contribution in [0.4, 0.5) is 4.39 Å². The van der Waals surface area contributed by atoms with E-state index >= 15 is 0 Å². The first-order chi connectivity index (χ1) is 14.0. The fourth-order valence-electron chi connectivity index (χ4n) is 4.04. The standard InChI is InChI=1S/C21H30FN3O4S/c1-21(2,3)20(27)24-10-6-7-16(15-24)19(26)23-11-13-25(14-12-23)30(28,29)18-9-5-4-8-17(18)22/h4-5,8-9,16H,6-7,10-15H2,1-3H3. The van der Waals surface area contributed by atoms with Crippen LogP contribution in [0.2, 0.25) is 0 Å². The summed E-state index contributed by atoms with van der Waals surface area (Å²) >= 11 is 0. The molecule has 0 radical (unpaired) electrons. The van der Waals surface area contributed by atoms with Crippen molar-refractivity contribution in [1.29, 1.82) is 0 Å². The van der Waals surface area contributed by atoms with Crippen molar-refractivity contribution >= 4 is 21.8 Å². The van der Waals surface area contributed by atoms with Gasteiger partial charge in [-0.05, 0) is 25.0 Å². The molecule has 2 heterocycles. The smallest absolute Gasteiger partial charge is 0.246 e. The van der Waals surface area contributed by atoms with E-state index in [4.69, 9.17) is 0 Å². The maximum Gasteiger partial charge on any atom is 0.246 e. The minimum atomic E-state index is -3.94. The molecule has 2 fully saturated rings. The SMILES string of the molecule is CC(C)(C)C(=O)N1CCCC(C(=O)N2CCN(S(=O)(=O)c3ccccc3F)CC2)C1. The average molecular weight is 440 g/mol. The number of hydrogen-bond donors (Lipinski definition) is 0. The molecule has 30 heavy (non-hydrogen) atoms. The van der Waals surface area contributed by atoms with Crippen LogP contribution in [0, 0.1) is 17.2 Å². The van der Waals surface area contributed by atoms with Gasteiger partial charge in [0.1, 0.15) is 10.7 Å². The Morgan fingerprint density at radius 3 is 2.23 bits per heavy atom. The van der Waals surface area contributed by atoms with Crippen LogP contribution >= 0.6 is 0 Å². The highest BCUT2D eigenvalue weighted by Crippen LogP contribution is 2.26. The molecule has 9 heteroatoms. The predicted molar refractivity (Wildman–Crippen MR) is 110 cm³/mol. The van der Waals surface area contributed by atoms with E-state index in [0.717, 1.165) is 18.9 Å². The maximum atomic E-state index is 14.0. The summed E-state index contributed by atoms with van der Waals surface area (Å²) in [5, 5.41) is 0. The molecular weight excluding hydrogens is 409 g/mol. The highest BCUT2D eigenvalue weighted by atomic mass is 32.2. The Labute approximate surface area is 177 Å². The second-order valence-corrected chi connectivity index (χ2v) is 10.9. The number of carbonyl (C=O) groups is 2. The van der Waals surface area contributed by atoms with Gasteiger partial charge in [0, 0.05) is 44.7 Å². The molecule has 2 aliphatic heterocycles. The van der Waals surface area contributed by atoms with Gasteiger partial charge in [-0.15, -0.1) is 0 Å². The van der Waals surface area contributed by atoms with E-state index in [-0.39, 0.29) is 48.8 Å². The van der Waals surface area contributed by atoms with Crippen LogP contribution in [0.5, 0.6) is 0 Å². The van der Waals surface area contributed by atoms with Crippen LogP contribution in [0.3, 0.4) is 0 Å². The minimum absolute atomic E-state index is 0.0376. The average Bonchev–Trinajstić information content (AvgIpc) is 2.72. The number of hydrogen-bond acceptors (Lipinski definition) is 4. The molecule has 1 unspecified atom stereocenters. The van der Waals surface area contributed by atoms with E-state index < -0.39 is 21.3 Å². The van der Waals surface area contributed by atoms with Gasteiger partial charge in [0.05, 0.1) is 5.92 Å². The Kier molecular flexibility index (Phi) is 6.52. The molecule has 1 atom stereocenters. The number of carbonyl (C=O) groups excluding carboxylic acids is 2. The molecule has 0 bridgehead atoms. The monoisotopic (exact) mass is 439 g/mol. The molecule has 2 aliphatic rings. The first-order valence-corrected chi connectivity index (χ1v) is 11.8. The molecule has 0 aromatic heterocycles. The van der Waals surface area contributed by atoms with Crippen molar-refractivity contribution in [2.24, 2.45) is 11.3 Å². The zero-order valence-electron chi connectivity index (χ0n) is 17.8. The number of amides is 2. The van der Waals surface area contributed by atoms with Gasteiger partial charge >= 0.3 is 0 Å². The van der Waals surface area contributed by atoms with Crippen LogP contribution in [-0.2, 0) is 19.6 Å². The molecule has 0 aliphatic carbocycles. The molecule has 166 valence electrons. The van der Waals surface area contributed by atoms with Crippen LogP contribution in [0.25, 0.3) is 0 Å². The van der Waals surface area contributed by atoms with Gasteiger partial charge in [0.15, 0.2) is 0 Å². The molecule has 2 saturated heterocycles. The topological polar surface area (TPSA) is 78.0 Å². The summed E-state index contributed by atoms with van der Waals surface area (Å²) in [5.74, 6) is -1.04. The third-order valence-corrected chi connectivity index (χ3v) is 7.64. The predicted octanol–water partition coefficient (Wildman–Crippen LogP) is 1.94. The maximum absolute atomic E-state index is 14.0. The molecule has 3 rings (SSSR count). The van der Waals surface area contributed by atoms with E-state index in [1.807, 2.05) is 20.8 Å². The van der Waals surface area contributed by atoms with Gasteiger partial charge < -0.3 is 9.80 Å². The van der Waals surface area contributed by atoms with Gasteiger partial charge in [0.25, 0.3) is 0 Å². The molecule has 0 saturated carbocycles. The minimum Gasteiger partial charge on any atom is -0.341 e. The van der Waals surface area contributed by atoms with Gasteiger partial charge in [-0.25, -0.2) is 12.8 Å². The highest BCUT2D eigenvalue weighted by molar-refractivity contribution is 7.89. The summed E-state index contributed by atoms with van der Waals surface area (Å²) in [6.07, 6.45) is 1.50. The van der Waals surface area contributed by atoms with E-state index in [2.05, 4.69) is 0 Å². The van der Waals surface area contributed by atoms with Crippen molar-refractivity contribution in [3.63, 3.8) is 0 Å². The van der Waals surface area contributed by atoms with Crippen LogP contribution in [0.1, 0.15) is 33.6 Å². The second kappa shape index (κ2) is 8.63. The Morgan fingerprint density at radius 2 is 1.63 bits per heavy atom. The third kappa shape index (κ3) is 4.67. The van der Waals surface area contributed by atoms with E-state index in [1.54, 1.807) is 9.80 Å². The summed E-state index contributed by atoms with van der Waals surface area (Å²) in [5.41, 5.74) is -0.488.